The summed E-state index contributed by atoms with van der Waals surface area (Å²) in [7, 11) is 0. The Bertz CT molecular complexity index is 8.00. The van der Waals surface area contributed by atoms with Gasteiger partial charge in [0.25, 0.3) is 0 Å². The second-order valence-electron chi connectivity index (χ2n) is 0. The summed E-state index contributed by atoms with van der Waals surface area (Å²) in [6.45, 7) is 0. The van der Waals surface area contributed by atoms with Crippen LogP contribution < -0.4 is 31.3 Å². The molecule has 4 heteroatoms. The van der Waals surface area contributed by atoms with Crippen LogP contribution in [-0.2, 0) is 5.48 Å². The molecule has 0 spiro atoms. The number of halogens is 1. The van der Waals surface area contributed by atoms with E-state index in [1.54, 1.807) is 0 Å². The van der Waals surface area contributed by atoms with Crippen molar-refractivity contribution in [1.29, 1.82) is 0 Å². The zero-order valence-electron chi connectivity index (χ0n) is 2.29. The van der Waals surface area contributed by atoms with Crippen molar-refractivity contribution in [3.63, 3.8) is 0 Å². The van der Waals surface area contributed by atoms with Crippen LogP contribution in [0.3, 0.4) is 0 Å². The van der Waals surface area contributed by atoms with Gasteiger partial charge in [0.15, 0.2) is 0 Å². The van der Waals surface area contributed by atoms with Gasteiger partial charge in [-0.25, -0.2) is 0 Å². The van der Waals surface area contributed by atoms with Crippen LogP contribution in [-0.4, -0.2) is 0 Å². The molecule has 1 nitrogen and oxygen atoms in total. The predicted octanol–water partition coefficient (Wildman–Crippen LogP) is -6.11. The largest absolute Gasteiger partial charge is 2.00 e. The quantitative estimate of drug-likeness (QED) is 0.398. The predicted molar refractivity (Wildman–Crippen MR) is 0.686 cm³/mol. The van der Waals surface area contributed by atoms with Crippen molar-refractivity contribution in [2.45, 2.75) is 0 Å². The molecule has 4 heavy (non-hydrogen) atoms. The maximum atomic E-state index is 0. The molecule has 0 aliphatic rings. The minimum Gasteiger partial charge on any atom is -2.00 e. The Morgan fingerprint density at radius 3 is 1.00 bits per heavy atom. The van der Waals surface area contributed by atoms with E-state index in [1.807, 2.05) is 0 Å². The van der Waals surface area contributed by atoms with Crippen molar-refractivity contribution in [3.8, 4) is 0 Å². The monoisotopic (exact) mass is 296 g/mol. The molecular weight excluding hydrogens is 296 g/mol. The Labute approximate surface area is 67.2 Å². The molecule has 0 N–H and O–H groups in total. The molecule has 0 aliphatic carbocycles. The Kier molecular flexibility index (Phi) is 203. The maximum absolute atomic E-state index is 0. The number of rotatable bonds is 0. The smallest absolute Gasteiger partial charge is 1.00 e. The molecule has 0 unspecified atom stereocenters. The molecule has 0 rings (SSSR count). The second-order valence-corrected chi connectivity index (χ2v) is 0. The van der Waals surface area contributed by atoms with Gasteiger partial charge in [0.2, 0.25) is 0 Å². The Hall–Kier alpha value is 1.90. The molecule has 0 aromatic rings. The Balaban J connectivity index is 0. The van der Waals surface area contributed by atoms with Gasteiger partial charge in [-0.2, -0.15) is 0 Å². The molecule has 0 saturated heterocycles. The van der Waals surface area contributed by atoms with Crippen molar-refractivity contribution in [1.82, 2.24) is 0 Å². The molecule has 0 radical (unpaired) electrons. The summed E-state index contributed by atoms with van der Waals surface area (Å²) in [6.07, 6.45) is 0. The van der Waals surface area contributed by atoms with E-state index in [2.05, 4.69) is 0 Å². The summed E-state index contributed by atoms with van der Waals surface area (Å²) in [5, 5.41) is 0. The minimum atomic E-state index is 0. The normalized spacial score (nSPS) is 0. The fourth-order valence-electron chi connectivity index (χ4n) is 0. The van der Waals surface area contributed by atoms with Crippen LogP contribution in [0.4, 0.5) is 0 Å². The van der Waals surface area contributed by atoms with Crippen LogP contribution in [0.5, 0.6) is 0 Å². The third kappa shape index (κ3) is 9.09. The van der Waals surface area contributed by atoms with Crippen LogP contribution in [0.15, 0.2) is 0 Å². The summed E-state index contributed by atoms with van der Waals surface area (Å²) in [5.74, 6) is 0. The SMILES string of the molecule is [Cl-].[Li+].[O-2].[U]. The van der Waals surface area contributed by atoms with E-state index in [-0.39, 0.29) is 67.9 Å². The van der Waals surface area contributed by atoms with Gasteiger partial charge >= 0.3 is 18.9 Å². The molecular formula is ClLiOU-2. The van der Waals surface area contributed by atoms with Crippen LogP contribution >= 0.6 is 0 Å². The van der Waals surface area contributed by atoms with Gasteiger partial charge in [0.1, 0.15) is 0 Å². The van der Waals surface area contributed by atoms with E-state index < -0.39 is 0 Å². The zero-order valence-corrected chi connectivity index (χ0v) is 7.21. The summed E-state index contributed by atoms with van der Waals surface area (Å²) in [5.41, 5.74) is 0. The fourth-order valence-corrected chi connectivity index (χ4v) is 0. The van der Waals surface area contributed by atoms with Crippen molar-refractivity contribution in [2.24, 2.45) is 0 Å². The molecule has 0 bridgehead atoms. The van der Waals surface area contributed by atoms with Gasteiger partial charge in [-0.3, -0.25) is 0 Å². The summed E-state index contributed by atoms with van der Waals surface area (Å²) < 4.78 is 0. The van der Waals surface area contributed by atoms with Gasteiger partial charge < -0.3 is 17.9 Å². The van der Waals surface area contributed by atoms with E-state index in [0.717, 1.165) is 0 Å². The van der Waals surface area contributed by atoms with Crippen LogP contribution in [0.2, 0.25) is 0 Å². The van der Waals surface area contributed by atoms with Crippen molar-refractivity contribution >= 4 is 0 Å². The van der Waals surface area contributed by atoms with Crippen LogP contribution in [0.1, 0.15) is 0 Å². The molecule has 0 saturated carbocycles. The molecule has 20 valence electrons. The van der Waals surface area contributed by atoms with Crippen molar-refractivity contribution in [3.05, 3.63) is 0 Å². The topological polar surface area (TPSA) is 28.5 Å². The standard InChI is InChI=1S/ClH.Li.O.U/h1H;;;/q;+1;-2;/p-1. The zero-order chi connectivity index (χ0) is 0. The molecule has 0 fully saturated rings. The Morgan fingerprint density at radius 2 is 1.00 bits per heavy atom. The van der Waals surface area contributed by atoms with Gasteiger partial charge in [-0.15, -0.1) is 0 Å². The van der Waals surface area contributed by atoms with E-state index in [0.29, 0.717) is 0 Å². The van der Waals surface area contributed by atoms with Gasteiger partial charge in [0.05, 0.1) is 0 Å². The summed E-state index contributed by atoms with van der Waals surface area (Å²) in [6, 6.07) is 0. The third-order valence-corrected chi connectivity index (χ3v) is 0. The van der Waals surface area contributed by atoms with E-state index >= 15 is 0 Å². The first-order chi connectivity index (χ1) is 0. The van der Waals surface area contributed by atoms with Crippen LogP contribution in [0.25, 0.3) is 0 Å². The second kappa shape index (κ2) is 20.6. The average Bonchev–Trinajstić information content (AvgIpc) is 0. The Morgan fingerprint density at radius 1 is 1.00 bits per heavy atom. The van der Waals surface area contributed by atoms with Crippen molar-refractivity contribution in [2.75, 3.05) is 0 Å². The summed E-state index contributed by atoms with van der Waals surface area (Å²) in [4.78, 5) is 0. The van der Waals surface area contributed by atoms with Crippen molar-refractivity contribution < 1.29 is 67.9 Å². The first-order valence-electron chi connectivity index (χ1n) is 0. The molecule has 0 aliphatic heterocycles. The fraction of sp³-hybridized carbons (Fsp3) is 0. The molecule has 0 amide bonds. The molecule has 0 atom stereocenters. The first kappa shape index (κ1) is 39.3. The molecule has 0 heterocycles. The third-order valence-electron chi connectivity index (χ3n) is 0. The van der Waals surface area contributed by atoms with E-state index in [9.17, 15) is 0 Å². The van der Waals surface area contributed by atoms with Gasteiger partial charge in [-0.05, 0) is 0 Å². The average molecular weight is 296 g/mol. The minimum absolute atomic E-state index is 0. The molecule has 0 aromatic carbocycles. The number of hydrogen-bond donors (Lipinski definition) is 0. The van der Waals surface area contributed by atoms with Gasteiger partial charge in [0, 0.05) is 31.1 Å². The van der Waals surface area contributed by atoms with Gasteiger partial charge in [-0.1, -0.05) is 0 Å². The van der Waals surface area contributed by atoms with Crippen LogP contribution in [0, 0.1) is 31.1 Å². The molecule has 0 aromatic heterocycles. The first-order valence-corrected chi connectivity index (χ1v) is 0. The van der Waals surface area contributed by atoms with E-state index in [4.69, 9.17) is 0 Å². The number of hydrogen-bond acceptors (Lipinski definition) is 0. The summed E-state index contributed by atoms with van der Waals surface area (Å²) >= 11 is 0. The van der Waals surface area contributed by atoms with E-state index in [1.165, 1.54) is 0 Å². The maximum Gasteiger partial charge on any atom is 1.00 e.